The van der Waals surface area contributed by atoms with Crippen molar-refractivity contribution in [1.82, 2.24) is 4.90 Å². The maximum atomic E-state index is 12.9. The number of nitrogens with one attached hydrogen (secondary N) is 1. The molecule has 0 aliphatic carbocycles. The Balaban J connectivity index is 1.91. The molecular formula is C19H21FN2O2. The predicted octanol–water partition coefficient (Wildman–Crippen LogP) is 3.08. The fraction of sp³-hybridized carbons (Fsp3) is 0.263. The summed E-state index contributed by atoms with van der Waals surface area (Å²) in [4.78, 5) is 25.7. The molecule has 126 valence electrons. The Morgan fingerprint density at radius 3 is 2.42 bits per heavy atom. The van der Waals surface area contributed by atoms with Gasteiger partial charge in [0.15, 0.2) is 0 Å². The summed E-state index contributed by atoms with van der Waals surface area (Å²) in [6, 6.07) is 11.6. The number of aryl methyl sites for hydroxylation is 2. The number of halogens is 1. The highest BCUT2D eigenvalue weighted by Gasteiger charge is 2.14. The molecule has 0 saturated carbocycles. The first kappa shape index (κ1) is 17.7. The number of rotatable bonds is 5. The molecule has 0 aromatic heterocycles. The summed E-state index contributed by atoms with van der Waals surface area (Å²) in [5.74, 6) is -0.788. The number of carbonyl (C=O) groups excluding carboxylic acids is 2. The Labute approximate surface area is 141 Å². The Bertz CT molecular complexity index is 742. The molecule has 24 heavy (non-hydrogen) atoms. The molecule has 0 saturated heterocycles. The molecule has 0 atom stereocenters. The highest BCUT2D eigenvalue weighted by Crippen LogP contribution is 2.16. The summed E-state index contributed by atoms with van der Waals surface area (Å²) in [6.07, 6.45) is 0.132. The van der Waals surface area contributed by atoms with Crippen LogP contribution in [0.5, 0.6) is 0 Å². The van der Waals surface area contributed by atoms with E-state index < -0.39 is 0 Å². The van der Waals surface area contributed by atoms with Gasteiger partial charge >= 0.3 is 0 Å². The molecule has 2 aromatic carbocycles. The Hall–Kier alpha value is -2.69. The van der Waals surface area contributed by atoms with Crippen molar-refractivity contribution >= 4 is 17.5 Å². The summed E-state index contributed by atoms with van der Waals surface area (Å²) >= 11 is 0. The lowest BCUT2D eigenvalue weighted by Gasteiger charge is -2.17. The summed E-state index contributed by atoms with van der Waals surface area (Å²) in [6.45, 7) is 3.83. The van der Waals surface area contributed by atoms with Gasteiger partial charge in [-0.25, -0.2) is 4.39 Å². The minimum absolute atomic E-state index is 0.0343. The molecule has 0 unspecified atom stereocenters. The molecule has 2 rings (SSSR count). The molecule has 0 bridgehead atoms. The zero-order valence-corrected chi connectivity index (χ0v) is 14.1. The number of amides is 2. The first-order chi connectivity index (χ1) is 11.3. The van der Waals surface area contributed by atoms with Gasteiger partial charge in [0.05, 0.1) is 13.0 Å². The zero-order valence-electron chi connectivity index (χ0n) is 14.1. The van der Waals surface area contributed by atoms with Crippen molar-refractivity contribution in [2.75, 3.05) is 18.9 Å². The van der Waals surface area contributed by atoms with E-state index in [-0.39, 0.29) is 30.6 Å². The molecular weight excluding hydrogens is 307 g/mol. The largest absolute Gasteiger partial charge is 0.336 e. The average Bonchev–Trinajstić information content (AvgIpc) is 2.53. The maximum Gasteiger partial charge on any atom is 0.243 e. The zero-order chi connectivity index (χ0) is 17.7. The minimum atomic E-state index is -0.340. The maximum absolute atomic E-state index is 12.9. The van der Waals surface area contributed by atoms with Crippen LogP contribution in [0.3, 0.4) is 0 Å². The second-order valence-corrected chi connectivity index (χ2v) is 5.92. The van der Waals surface area contributed by atoms with E-state index in [4.69, 9.17) is 0 Å². The Morgan fingerprint density at radius 1 is 1.08 bits per heavy atom. The normalized spacial score (nSPS) is 10.3. The summed E-state index contributed by atoms with van der Waals surface area (Å²) < 4.78 is 12.9. The molecule has 0 aliphatic rings. The van der Waals surface area contributed by atoms with Crippen LogP contribution in [0.2, 0.25) is 0 Å². The monoisotopic (exact) mass is 328 g/mol. The van der Waals surface area contributed by atoms with E-state index in [0.29, 0.717) is 5.56 Å². The minimum Gasteiger partial charge on any atom is -0.336 e. The summed E-state index contributed by atoms with van der Waals surface area (Å²) in [5.41, 5.74) is 3.48. The highest BCUT2D eigenvalue weighted by atomic mass is 19.1. The topological polar surface area (TPSA) is 49.4 Å². The first-order valence-corrected chi connectivity index (χ1v) is 7.70. The number of hydrogen-bond donors (Lipinski definition) is 1. The van der Waals surface area contributed by atoms with Gasteiger partial charge in [-0.15, -0.1) is 0 Å². The van der Waals surface area contributed by atoms with Crippen molar-refractivity contribution in [1.29, 1.82) is 0 Å². The van der Waals surface area contributed by atoms with Crippen LogP contribution in [-0.2, 0) is 16.0 Å². The fourth-order valence-corrected chi connectivity index (χ4v) is 2.28. The van der Waals surface area contributed by atoms with Gasteiger partial charge in [0, 0.05) is 12.7 Å². The van der Waals surface area contributed by atoms with Crippen molar-refractivity contribution in [3.05, 3.63) is 65.0 Å². The fourth-order valence-electron chi connectivity index (χ4n) is 2.28. The van der Waals surface area contributed by atoms with Crippen LogP contribution in [0.15, 0.2) is 42.5 Å². The summed E-state index contributed by atoms with van der Waals surface area (Å²) in [7, 11) is 1.58. The van der Waals surface area contributed by atoms with Crippen LogP contribution in [0.1, 0.15) is 16.7 Å². The second-order valence-electron chi connectivity index (χ2n) is 5.92. The molecule has 2 aromatic rings. The first-order valence-electron chi connectivity index (χ1n) is 7.70. The Kier molecular flexibility index (Phi) is 5.68. The van der Waals surface area contributed by atoms with E-state index in [0.717, 1.165) is 16.8 Å². The van der Waals surface area contributed by atoms with Crippen LogP contribution in [0, 0.1) is 19.7 Å². The van der Waals surface area contributed by atoms with E-state index in [1.165, 1.54) is 17.0 Å². The smallest absolute Gasteiger partial charge is 0.243 e. The molecule has 5 heteroatoms. The number of carbonyl (C=O) groups is 2. The van der Waals surface area contributed by atoms with Crippen molar-refractivity contribution in [3.63, 3.8) is 0 Å². The molecule has 0 fully saturated rings. The SMILES string of the molecule is Cc1ccc(C)c(NC(=O)CN(C)C(=O)Cc2ccc(F)cc2)c1. The predicted molar refractivity (Wildman–Crippen MR) is 92.3 cm³/mol. The van der Waals surface area contributed by atoms with Gasteiger partial charge in [-0.1, -0.05) is 24.3 Å². The van der Waals surface area contributed by atoms with Gasteiger partial charge in [-0.3, -0.25) is 9.59 Å². The molecule has 0 heterocycles. The number of likely N-dealkylation sites (N-methyl/N-ethyl adjacent to an activating group) is 1. The number of hydrogen-bond acceptors (Lipinski definition) is 2. The van der Waals surface area contributed by atoms with Crippen LogP contribution in [-0.4, -0.2) is 30.3 Å². The van der Waals surface area contributed by atoms with Gasteiger partial charge in [0.1, 0.15) is 5.82 Å². The van der Waals surface area contributed by atoms with Crippen LogP contribution in [0.25, 0.3) is 0 Å². The number of nitrogens with zero attached hydrogens (tertiary/aromatic N) is 1. The van der Waals surface area contributed by atoms with Gasteiger partial charge < -0.3 is 10.2 Å². The lowest BCUT2D eigenvalue weighted by Crippen LogP contribution is -2.35. The van der Waals surface area contributed by atoms with Gasteiger partial charge in [-0.05, 0) is 48.7 Å². The standard InChI is InChI=1S/C19H21FN2O2/c1-13-4-5-14(2)17(10-13)21-18(23)12-22(3)19(24)11-15-6-8-16(20)9-7-15/h4-10H,11-12H2,1-3H3,(H,21,23). The molecule has 0 spiro atoms. The van der Waals surface area contributed by atoms with Crippen molar-refractivity contribution in [3.8, 4) is 0 Å². The summed E-state index contributed by atoms with van der Waals surface area (Å²) in [5, 5.41) is 2.83. The molecule has 2 amide bonds. The molecule has 4 nitrogen and oxygen atoms in total. The lowest BCUT2D eigenvalue weighted by atomic mass is 10.1. The van der Waals surface area contributed by atoms with E-state index >= 15 is 0 Å². The Morgan fingerprint density at radius 2 is 1.75 bits per heavy atom. The molecule has 1 N–H and O–H groups in total. The average molecular weight is 328 g/mol. The van der Waals surface area contributed by atoms with E-state index in [1.54, 1.807) is 19.2 Å². The highest BCUT2D eigenvalue weighted by molar-refractivity contribution is 5.95. The van der Waals surface area contributed by atoms with E-state index in [2.05, 4.69) is 5.32 Å². The second kappa shape index (κ2) is 7.73. The van der Waals surface area contributed by atoms with Crippen LogP contribution in [0.4, 0.5) is 10.1 Å². The van der Waals surface area contributed by atoms with Gasteiger partial charge in [0.2, 0.25) is 11.8 Å². The lowest BCUT2D eigenvalue weighted by molar-refractivity contribution is -0.132. The van der Waals surface area contributed by atoms with Crippen LogP contribution < -0.4 is 5.32 Å². The third kappa shape index (κ3) is 4.91. The third-order valence-electron chi connectivity index (χ3n) is 3.74. The van der Waals surface area contributed by atoms with Crippen molar-refractivity contribution < 1.29 is 14.0 Å². The third-order valence-corrected chi connectivity index (χ3v) is 3.74. The van der Waals surface area contributed by atoms with E-state index in [1.807, 2.05) is 32.0 Å². The number of anilines is 1. The van der Waals surface area contributed by atoms with Crippen LogP contribution >= 0.6 is 0 Å². The van der Waals surface area contributed by atoms with Crippen molar-refractivity contribution in [2.24, 2.45) is 0 Å². The van der Waals surface area contributed by atoms with Gasteiger partial charge in [0.25, 0.3) is 0 Å². The molecule has 0 aliphatic heterocycles. The van der Waals surface area contributed by atoms with Crippen molar-refractivity contribution in [2.45, 2.75) is 20.3 Å². The quantitative estimate of drug-likeness (QED) is 0.917. The molecule has 0 radical (unpaired) electrons. The van der Waals surface area contributed by atoms with Gasteiger partial charge in [-0.2, -0.15) is 0 Å². The number of benzene rings is 2. The van der Waals surface area contributed by atoms with E-state index in [9.17, 15) is 14.0 Å².